The maximum absolute atomic E-state index is 11.9. The number of benzene rings is 1. The van der Waals surface area contributed by atoms with Gasteiger partial charge in [-0.15, -0.1) is 11.3 Å². The minimum absolute atomic E-state index is 0.0555. The molecule has 0 aliphatic rings. The smallest absolute Gasteiger partial charge is 0.224 e. The molecule has 2 aromatic heterocycles. The summed E-state index contributed by atoms with van der Waals surface area (Å²) in [5.74, 6) is 0.0555. The Bertz CT molecular complexity index is 761. The average Bonchev–Trinajstić information content (AvgIpc) is 3.25. The van der Waals surface area contributed by atoms with Crippen molar-refractivity contribution >= 4 is 28.6 Å². The number of thiazole rings is 1. The summed E-state index contributed by atoms with van der Waals surface area (Å²) in [6.07, 6.45) is 1.41. The predicted molar refractivity (Wildman–Crippen MR) is 96.8 cm³/mol. The predicted octanol–water partition coefficient (Wildman–Crippen LogP) is 4.29. The van der Waals surface area contributed by atoms with E-state index in [0.717, 1.165) is 33.8 Å². The van der Waals surface area contributed by atoms with Crippen LogP contribution in [0.15, 0.2) is 46.5 Å². The lowest BCUT2D eigenvalue weighted by molar-refractivity contribution is -0.120. The molecule has 1 N–H and O–H groups in total. The third-order valence-corrected chi connectivity index (χ3v) is 5.22. The van der Waals surface area contributed by atoms with Gasteiger partial charge in [0.15, 0.2) is 0 Å². The Morgan fingerprint density at radius 1 is 1.13 bits per heavy atom. The molecule has 3 nitrogen and oxygen atoms in total. The maximum Gasteiger partial charge on any atom is 0.224 e. The molecule has 5 heteroatoms. The molecule has 0 saturated heterocycles. The van der Waals surface area contributed by atoms with E-state index in [2.05, 4.69) is 34.7 Å². The molecule has 1 aromatic carbocycles. The summed E-state index contributed by atoms with van der Waals surface area (Å²) in [5, 5.41) is 10.1. The fourth-order valence-electron chi connectivity index (χ4n) is 2.21. The van der Waals surface area contributed by atoms with Gasteiger partial charge in [-0.2, -0.15) is 11.3 Å². The van der Waals surface area contributed by atoms with E-state index in [1.54, 1.807) is 22.7 Å². The summed E-state index contributed by atoms with van der Waals surface area (Å²) < 4.78 is 0. The normalized spacial score (nSPS) is 10.7. The summed E-state index contributed by atoms with van der Waals surface area (Å²) >= 11 is 3.29. The summed E-state index contributed by atoms with van der Waals surface area (Å²) in [6, 6.07) is 10.2. The number of rotatable bonds is 6. The lowest BCUT2D eigenvalue weighted by atomic mass is 10.1. The van der Waals surface area contributed by atoms with Crippen LogP contribution in [0.4, 0.5) is 0 Å². The van der Waals surface area contributed by atoms with Crippen LogP contribution in [0.1, 0.15) is 23.7 Å². The second kappa shape index (κ2) is 7.53. The lowest BCUT2D eigenvalue weighted by Gasteiger charge is -2.05. The van der Waals surface area contributed by atoms with Gasteiger partial charge >= 0.3 is 0 Å². The van der Waals surface area contributed by atoms with E-state index in [1.165, 1.54) is 0 Å². The van der Waals surface area contributed by atoms with Crippen LogP contribution in [0.5, 0.6) is 0 Å². The van der Waals surface area contributed by atoms with Crippen molar-refractivity contribution in [1.82, 2.24) is 10.3 Å². The van der Waals surface area contributed by atoms with Crippen molar-refractivity contribution in [2.24, 2.45) is 0 Å². The van der Waals surface area contributed by atoms with Crippen molar-refractivity contribution in [3.05, 3.63) is 63.3 Å². The van der Waals surface area contributed by atoms with Crippen molar-refractivity contribution < 1.29 is 4.79 Å². The van der Waals surface area contributed by atoms with Gasteiger partial charge in [0.05, 0.1) is 12.1 Å². The molecule has 2 heterocycles. The van der Waals surface area contributed by atoms with Crippen molar-refractivity contribution in [1.29, 1.82) is 0 Å². The number of thiophene rings is 1. The van der Waals surface area contributed by atoms with Gasteiger partial charge in [0.1, 0.15) is 5.01 Å². The largest absolute Gasteiger partial charge is 0.352 e. The van der Waals surface area contributed by atoms with E-state index in [-0.39, 0.29) is 5.91 Å². The van der Waals surface area contributed by atoms with Gasteiger partial charge in [-0.1, -0.05) is 31.2 Å². The molecule has 0 radical (unpaired) electrons. The quantitative estimate of drug-likeness (QED) is 0.726. The zero-order chi connectivity index (χ0) is 16.1. The molecule has 118 valence electrons. The van der Waals surface area contributed by atoms with Gasteiger partial charge < -0.3 is 5.32 Å². The Kier molecular flexibility index (Phi) is 5.20. The highest BCUT2D eigenvalue weighted by atomic mass is 32.1. The third-order valence-electron chi connectivity index (χ3n) is 3.55. The summed E-state index contributed by atoms with van der Waals surface area (Å²) in [6.45, 7) is 2.67. The number of carbonyl (C=O) groups is 1. The second-order valence-corrected chi connectivity index (χ2v) is 6.92. The van der Waals surface area contributed by atoms with Crippen LogP contribution in [0.2, 0.25) is 0 Å². The van der Waals surface area contributed by atoms with Crippen molar-refractivity contribution in [3.8, 4) is 10.6 Å². The number of aromatic nitrogens is 1. The topological polar surface area (TPSA) is 42.0 Å². The number of nitrogens with zero attached hydrogens (tertiary/aromatic N) is 1. The molecule has 23 heavy (non-hydrogen) atoms. The zero-order valence-corrected chi connectivity index (χ0v) is 14.5. The van der Waals surface area contributed by atoms with Gasteiger partial charge in [0.25, 0.3) is 0 Å². The number of aryl methyl sites for hydroxylation is 1. The molecular formula is C18H18N2OS2. The zero-order valence-electron chi connectivity index (χ0n) is 12.9. The van der Waals surface area contributed by atoms with E-state index in [9.17, 15) is 4.79 Å². The molecular weight excluding hydrogens is 324 g/mol. The van der Waals surface area contributed by atoms with Crippen LogP contribution in [0, 0.1) is 0 Å². The molecule has 0 atom stereocenters. The molecule has 0 bridgehead atoms. The monoisotopic (exact) mass is 342 g/mol. The third kappa shape index (κ3) is 4.27. The number of amides is 1. The van der Waals surface area contributed by atoms with Crippen LogP contribution in [0.25, 0.3) is 10.6 Å². The minimum atomic E-state index is 0.0555. The van der Waals surface area contributed by atoms with E-state index in [1.807, 2.05) is 29.0 Å². The van der Waals surface area contributed by atoms with Crippen LogP contribution in [0.3, 0.4) is 0 Å². The first-order valence-corrected chi connectivity index (χ1v) is 9.38. The number of hydrogen-bond acceptors (Lipinski definition) is 4. The van der Waals surface area contributed by atoms with Gasteiger partial charge in [0, 0.05) is 17.5 Å². The average molecular weight is 342 g/mol. The summed E-state index contributed by atoms with van der Waals surface area (Å²) in [7, 11) is 0. The van der Waals surface area contributed by atoms with Crippen LogP contribution in [-0.2, 0) is 24.2 Å². The molecule has 1 amide bonds. The Morgan fingerprint density at radius 2 is 1.96 bits per heavy atom. The first-order valence-electron chi connectivity index (χ1n) is 7.56. The number of nitrogens with one attached hydrogen (secondary N) is 1. The molecule has 0 aliphatic carbocycles. The highest BCUT2D eigenvalue weighted by molar-refractivity contribution is 7.13. The molecule has 0 unspecified atom stereocenters. The molecule has 0 fully saturated rings. The maximum atomic E-state index is 11.9. The van der Waals surface area contributed by atoms with Crippen molar-refractivity contribution in [2.45, 2.75) is 26.3 Å². The molecule has 0 spiro atoms. The Balaban J connectivity index is 1.56. The molecule has 3 aromatic rings. The van der Waals surface area contributed by atoms with Crippen LogP contribution < -0.4 is 5.32 Å². The van der Waals surface area contributed by atoms with Gasteiger partial charge in [0.2, 0.25) is 5.91 Å². The molecule has 0 saturated carbocycles. The van der Waals surface area contributed by atoms with E-state index in [0.29, 0.717) is 13.0 Å². The summed E-state index contributed by atoms with van der Waals surface area (Å²) in [4.78, 5) is 16.5. The first-order chi connectivity index (χ1) is 11.2. The SMILES string of the molecule is CCc1csc(-c2ccc(CNC(=O)Cc3ccsc3)cc2)n1. The van der Waals surface area contributed by atoms with E-state index in [4.69, 9.17) is 0 Å². The fraction of sp³-hybridized carbons (Fsp3) is 0.222. The molecule has 0 aliphatic heterocycles. The van der Waals surface area contributed by atoms with Crippen molar-refractivity contribution in [3.63, 3.8) is 0 Å². The highest BCUT2D eigenvalue weighted by Gasteiger charge is 2.06. The number of carbonyl (C=O) groups excluding carboxylic acids is 1. The minimum Gasteiger partial charge on any atom is -0.352 e. The number of hydrogen-bond donors (Lipinski definition) is 1. The van der Waals surface area contributed by atoms with E-state index < -0.39 is 0 Å². The fourth-order valence-corrected chi connectivity index (χ4v) is 3.79. The van der Waals surface area contributed by atoms with Gasteiger partial charge in [-0.3, -0.25) is 4.79 Å². The summed E-state index contributed by atoms with van der Waals surface area (Å²) in [5.41, 5.74) is 4.43. The highest BCUT2D eigenvalue weighted by Crippen LogP contribution is 2.24. The van der Waals surface area contributed by atoms with Crippen LogP contribution in [-0.4, -0.2) is 10.9 Å². The molecule has 3 rings (SSSR count). The van der Waals surface area contributed by atoms with Gasteiger partial charge in [-0.05, 0) is 34.4 Å². The Labute approximate surface area is 144 Å². The van der Waals surface area contributed by atoms with Crippen molar-refractivity contribution in [2.75, 3.05) is 0 Å². The van der Waals surface area contributed by atoms with E-state index >= 15 is 0 Å². The van der Waals surface area contributed by atoms with Crippen LogP contribution >= 0.6 is 22.7 Å². The first kappa shape index (κ1) is 15.9. The Hall–Kier alpha value is -1.98. The second-order valence-electron chi connectivity index (χ2n) is 5.28. The Morgan fingerprint density at radius 3 is 2.61 bits per heavy atom. The standard InChI is InChI=1S/C18H18N2OS2/c1-2-16-12-23-18(20-16)15-5-3-13(4-6-15)10-19-17(21)9-14-7-8-22-11-14/h3-8,11-12H,2,9-10H2,1H3,(H,19,21). The van der Waals surface area contributed by atoms with Gasteiger partial charge in [-0.25, -0.2) is 4.98 Å². The lowest BCUT2D eigenvalue weighted by Crippen LogP contribution is -2.24.